The SMILES string of the molecule is COc1ccc(S(=O)(=O)Nc2c(C(C)C)n(C)n(-c3ccccc3)c2=O)cc1. The van der Waals surface area contributed by atoms with E-state index in [9.17, 15) is 13.2 Å². The summed E-state index contributed by atoms with van der Waals surface area (Å²) in [4.78, 5) is 13.2. The van der Waals surface area contributed by atoms with Crippen LogP contribution in [0, 0.1) is 0 Å². The molecule has 0 spiro atoms. The van der Waals surface area contributed by atoms with Crippen molar-refractivity contribution in [1.29, 1.82) is 0 Å². The van der Waals surface area contributed by atoms with Crippen LogP contribution in [-0.2, 0) is 17.1 Å². The number of anilines is 1. The number of aromatic nitrogens is 2. The fourth-order valence-corrected chi connectivity index (χ4v) is 4.26. The van der Waals surface area contributed by atoms with Gasteiger partial charge in [-0.3, -0.25) is 14.2 Å². The summed E-state index contributed by atoms with van der Waals surface area (Å²) in [5, 5.41) is 0. The Morgan fingerprint density at radius 2 is 1.61 bits per heavy atom. The van der Waals surface area contributed by atoms with Gasteiger partial charge in [0.25, 0.3) is 15.6 Å². The van der Waals surface area contributed by atoms with Gasteiger partial charge in [-0.2, -0.15) is 0 Å². The second-order valence-electron chi connectivity index (χ2n) is 6.67. The molecule has 0 amide bonds. The molecule has 0 fully saturated rings. The molecule has 1 N–H and O–H groups in total. The van der Waals surface area contributed by atoms with Crippen molar-refractivity contribution in [2.24, 2.45) is 7.05 Å². The van der Waals surface area contributed by atoms with Crippen molar-refractivity contribution in [1.82, 2.24) is 9.36 Å². The molecule has 0 bridgehead atoms. The van der Waals surface area contributed by atoms with Crippen molar-refractivity contribution < 1.29 is 13.2 Å². The maximum atomic E-state index is 13.1. The molecule has 0 radical (unpaired) electrons. The number of rotatable bonds is 6. The fraction of sp³-hybridized carbons (Fsp3) is 0.250. The van der Waals surface area contributed by atoms with Crippen molar-refractivity contribution >= 4 is 15.7 Å². The largest absolute Gasteiger partial charge is 0.497 e. The first kappa shape index (κ1) is 19.8. The number of methoxy groups -OCH3 is 1. The number of nitrogens with one attached hydrogen (secondary N) is 1. The lowest BCUT2D eigenvalue weighted by molar-refractivity contribution is 0.414. The van der Waals surface area contributed by atoms with E-state index in [4.69, 9.17) is 4.74 Å². The Labute approximate surface area is 164 Å². The third-order valence-electron chi connectivity index (χ3n) is 4.46. The van der Waals surface area contributed by atoms with Crippen molar-refractivity contribution in [3.05, 3.63) is 70.6 Å². The van der Waals surface area contributed by atoms with Crippen LogP contribution in [0.15, 0.2) is 64.3 Å². The highest BCUT2D eigenvalue weighted by atomic mass is 32.2. The van der Waals surface area contributed by atoms with Gasteiger partial charge in [-0.1, -0.05) is 32.0 Å². The van der Waals surface area contributed by atoms with Gasteiger partial charge < -0.3 is 4.74 Å². The number of sulfonamides is 1. The van der Waals surface area contributed by atoms with Crippen LogP contribution in [-0.4, -0.2) is 24.9 Å². The van der Waals surface area contributed by atoms with Crippen molar-refractivity contribution in [2.75, 3.05) is 11.8 Å². The van der Waals surface area contributed by atoms with Gasteiger partial charge in [-0.25, -0.2) is 13.1 Å². The quantitative estimate of drug-likeness (QED) is 0.688. The summed E-state index contributed by atoms with van der Waals surface area (Å²) in [6.07, 6.45) is 0. The van der Waals surface area contributed by atoms with E-state index in [2.05, 4.69) is 4.72 Å². The Morgan fingerprint density at radius 1 is 1.00 bits per heavy atom. The minimum absolute atomic E-state index is 0.0529. The van der Waals surface area contributed by atoms with E-state index < -0.39 is 15.6 Å². The van der Waals surface area contributed by atoms with Gasteiger partial charge in [0, 0.05) is 7.05 Å². The topological polar surface area (TPSA) is 82.3 Å². The predicted octanol–water partition coefficient (Wildman–Crippen LogP) is 3.11. The lowest BCUT2D eigenvalue weighted by Gasteiger charge is -2.13. The van der Waals surface area contributed by atoms with E-state index in [0.29, 0.717) is 17.1 Å². The minimum atomic E-state index is -3.93. The van der Waals surface area contributed by atoms with E-state index in [0.717, 1.165) is 0 Å². The summed E-state index contributed by atoms with van der Waals surface area (Å²) >= 11 is 0. The van der Waals surface area contributed by atoms with Crippen LogP contribution < -0.4 is 15.0 Å². The molecular formula is C20H23N3O4S. The molecule has 0 saturated heterocycles. The first-order valence-electron chi connectivity index (χ1n) is 8.80. The number of nitrogens with zero attached hydrogens (tertiary/aromatic N) is 2. The Kier molecular flexibility index (Phi) is 5.33. The monoisotopic (exact) mass is 401 g/mol. The highest BCUT2D eigenvalue weighted by Crippen LogP contribution is 2.26. The molecule has 1 aromatic heterocycles. The summed E-state index contributed by atoms with van der Waals surface area (Å²) < 4.78 is 36.5. The molecule has 148 valence electrons. The molecule has 0 aliphatic carbocycles. The molecule has 0 atom stereocenters. The Morgan fingerprint density at radius 3 is 2.14 bits per heavy atom. The van der Waals surface area contributed by atoms with Crippen LogP contribution in [0.5, 0.6) is 5.75 Å². The number of hydrogen-bond donors (Lipinski definition) is 1. The molecule has 0 saturated carbocycles. The van der Waals surface area contributed by atoms with E-state index >= 15 is 0 Å². The molecule has 3 rings (SSSR count). The zero-order valence-electron chi connectivity index (χ0n) is 16.2. The van der Waals surface area contributed by atoms with Crippen LogP contribution in [0.25, 0.3) is 5.69 Å². The Bertz CT molecular complexity index is 1130. The van der Waals surface area contributed by atoms with Crippen molar-refractivity contribution in [3.63, 3.8) is 0 Å². The van der Waals surface area contributed by atoms with Gasteiger partial charge in [0.2, 0.25) is 0 Å². The van der Waals surface area contributed by atoms with Crippen molar-refractivity contribution in [3.8, 4) is 11.4 Å². The second-order valence-corrected chi connectivity index (χ2v) is 8.35. The third kappa shape index (κ3) is 3.55. The molecule has 28 heavy (non-hydrogen) atoms. The van der Waals surface area contributed by atoms with Gasteiger partial charge in [0.1, 0.15) is 11.4 Å². The van der Waals surface area contributed by atoms with E-state index in [1.807, 2.05) is 32.0 Å². The van der Waals surface area contributed by atoms with Crippen molar-refractivity contribution in [2.45, 2.75) is 24.7 Å². The normalized spacial score (nSPS) is 11.6. The first-order chi connectivity index (χ1) is 13.3. The molecular weight excluding hydrogens is 378 g/mol. The lowest BCUT2D eigenvalue weighted by Crippen LogP contribution is -2.23. The van der Waals surface area contributed by atoms with Gasteiger partial charge >= 0.3 is 0 Å². The minimum Gasteiger partial charge on any atom is -0.497 e. The Balaban J connectivity index is 2.12. The fourth-order valence-electron chi connectivity index (χ4n) is 3.19. The highest BCUT2D eigenvalue weighted by Gasteiger charge is 2.25. The summed E-state index contributed by atoms with van der Waals surface area (Å²) in [5.74, 6) is 0.476. The standard InChI is InChI=1S/C20H23N3O4S/c1-14(2)19-18(20(24)23(22(19)3)15-8-6-5-7-9-15)21-28(25,26)17-12-10-16(27-4)11-13-17/h5-14,21H,1-4H3. The number of ether oxygens (including phenoxy) is 1. The molecule has 1 heterocycles. The second kappa shape index (κ2) is 7.55. The average molecular weight is 401 g/mol. The molecule has 7 nitrogen and oxygen atoms in total. The number of benzene rings is 2. The third-order valence-corrected chi connectivity index (χ3v) is 5.83. The zero-order valence-corrected chi connectivity index (χ0v) is 17.0. The molecule has 2 aromatic carbocycles. The number of para-hydroxylation sites is 1. The van der Waals surface area contributed by atoms with Crippen LogP contribution in [0.1, 0.15) is 25.5 Å². The average Bonchev–Trinajstić information content (AvgIpc) is 2.92. The smallest absolute Gasteiger partial charge is 0.296 e. The number of hydrogen-bond acceptors (Lipinski definition) is 4. The molecule has 3 aromatic rings. The summed E-state index contributed by atoms with van der Waals surface area (Å²) in [5.41, 5.74) is 0.893. The molecule has 0 unspecified atom stereocenters. The van der Waals surface area contributed by atoms with Crippen LogP contribution >= 0.6 is 0 Å². The van der Waals surface area contributed by atoms with Crippen LogP contribution in [0.2, 0.25) is 0 Å². The molecule has 8 heteroatoms. The highest BCUT2D eigenvalue weighted by molar-refractivity contribution is 7.92. The van der Waals surface area contributed by atoms with Gasteiger partial charge in [-0.05, 0) is 42.3 Å². The van der Waals surface area contributed by atoms with Crippen LogP contribution in [0.3, 0.4) is 0 Å². The lowest BCUT2D eigenvalue weighted by atomic mass is 10.1. The molecule has 0 aliphatic heterocycles. The van der Waals surface area contributed by atoms with Gasteiger partial charge in [0.05, 0.1) is 23.4 Å². The van der Waals surface area contributed by atoms with E-state index in [1.54, 1.807) is 36.0 Å². The summed E-state index contributed by atoms with van der Waals surface area (Å²) in [6, 6.07) is 15.1. The van der Waals surface area contributed by atoms with E-state index in [1.165, 1.54) is 23.9 Å². The maximum Gasteiger partial charge on any atom is 0.296 e. The summed E-state index contributed by atoms with van der Waals surface area (Å²) in [6.45, 7) is 3.82. The molecule has 0 aliphatic rings. The van der Waals surface area contributed by atoms with E-state index in [-0.39, 0.29) is 16.5 Å². The van der Waals surface area contributed by atoms with Crippen LogP contribution in [0.4, 0.5) is 5.69 Å². The maximum absolute atomic E-state index is 13.1. The zero-order chi connectivity index (χ0) is 20.5. The van der Waals surface area contributed by atoms with Gasteiger partial charge in [0.15, 0.2) is 0 Å². The predicted molar refractivity (Wildman–Crippen MR) is 109 cm³/mol. The summed E-state index contributed by atoms with van der Waals surface area (Å²) in [7, 11) is -0.683. The van der Waals surface area contributed by atoms with Gasteiger partial charge in [-0.15, -0.1) is 0 Å². The Hall–Kier alpha value is -3.00. The first-order valence-corrected chi connectivity index (χ1v) is 10.3.